The zero-order valence-electron chi connectivity index (χ0n) is 19.3. The molecule has 0 spiro atoms. The Balaban J connectivity index is 1.61. The minimum atomic E-state index is -0.404. The number of aryl methyl sites for hydroxylation is 3. The van der Waals surface area contributed by atoms with E-state index in [2.05, 4.69) is 41.1 Å². The van der Waals surface area contributed by atoms with Gasteiger partial charge in [0.05, 0.1) is 37.3 Å². The van der Waals surface area contributed by atoms with Crippen LogP contribution in [0.15, 0.2) is 41.3 Å². The van der Waals surface area contributed by atoms with Gasteiger partial charge < -0.3 is 15.4 Å². The summed E-state index contributed by atoms with van der Waals surface area (Å²) in [7, 11) is 4.81. The van der Waals surface area contributed by atoms with Crippen LogP contribution in [0.4, 0.5) is 27.4 Å². The first-order valence-corrected chi connectivity index (χ1v) is 10.5. The molecule has 0 fully saturated rings. The van der Waals surface area contributed by atoms with Gasteiger partial charge in [-0.25, -0.2) is 14.4 Å². The van der Waals surface area contributed by atoms with Gasteiger partial charge in [-0.2, -0.15) is 4.80 Å². The van der Waals surface area contributed by atoms with E-state index in [-0.39, 0.29) is 5.56 Å². The van der Waals surface area contributed by atoms with Crippen LogP contribution in [-0.2, 0) is 14.1 Å². The molecular formula is C22H21FN10O2. The third-order valence-electron chi connectivity index (χ3n) is 5.35. The number of ether oxygens (including phenoxy) is 1. The maximum atomic E-state index is 13.6. The number of benzene rings is 1. The van der Waals surface area contributed by atoms with Crippen LogP contribution in [0, 0.1) is 12.7 Å². The molecule has 0 amide bonds. The number of methoxy groups -OCH3 is 1. The summed E-state index contributed by atoms with van der Waals surface area (Å²) in [4.78, 5) is 22.8. The molecule has 5 rings (SSSR count). The lowest BCUT2D eigenvalue weighted by Crippen LogP contribution is -2.12. The maximum Gasteiger partial charge on any atom is 0.277 e. The lowest BCUT2D eigenvalue weighted by atomic mass is 10.1. The Kier molecular flexibility index (Phi) is 5.35. The summed E-state index contributed by atoms with van der Waals surface area (Å²) >= 11 is 0. The molecule has 0 bridgehead atoms. The minimum absolute atomic E-state index is 0.261. The fraction of sp³-hybridized carbons (Fsp3) is 0.182. The van der Waals surface area contributed by atoms with Gasteiger partial charge in [-0.15, -0.1) is 10.2 Å². The normalized spacial score (nSPS) is 11.1. The lowest BCUT2D eigenvalue weighted by molar-refractivity contribution is 0.418. The topological polar surface area (TPSA) is 140 Å². The molecule has 0 unspecified atom stereocenters. The largest absolute Gasteiger partial charge is 0.494 e. The van der Waals surface area contributed by atoms with Gasteiger partial charge in [-0.1, -0.05) is 6.07 Å². The highest BCUT2D eigenvalue weighted by Crippen LogP contribution is 2.37. The smallest absolute Gasteiger partial charge is 0.277 e. The summed E-state index contributed by atoms with van der Waals surface area (Å²) in [5.74, 6) is 1.27. The molecule has 0 saturated heterocycles. The number of hydrogen-bond acceptors (Lipinski definition) is 9. The SMILES string of the molecule is COc1c(Nc2cc(Nc3cc(C)c(F)cn3)nc3[nH]n(C)c(=O)c23)cccc1-c1nnn(C)n1. The number of rotatable bonds is 6. The van der Waals surface area contributed by atoms with Gasteiger partial charge in [0, 0.05) is 13.1 Å². The number of fused-ring (bicyclic) bond motifs is 1. The quantitative estimate of drug-likeness (QED) is 0.337. The number of aromatic amines is 1. The number of nitrogens with zero attached hydrogens (tertiary/aromatic N) is 7. The molecule has 1 aromatic carbocycles. The Labute approximate surface area is 197 Å². The fourth-order valence-corrected chi connectivity index (χ4v) is 3.69. The number of aromatic nitrogens is 8. The molecule has 4 heterocycles. The molecule has 0 aliphatic heterocycles. The highest BCUT2D eigenvalue weighted by molar-refractivity contribution is 5.94. The van der Waals surface area contributed by atoms with Gasteiger partial charge in [0.2, 0.25) is 5.82 Å². The summed E-state index contributed by atoms with van der Waals surface area (Å²) in [6.07, 6.45) is 1.14. The third kappa shape index (κ3) is 4.03. The fourth-order valence-electron chi connectivity index (χ4n) is 3.69. The molecule has 0 aliphatic carbocycles. The Morgan fingerprint density at radius 1 is 1.11 bits per heavy atom. The van der Waals surface area contributed by atoms with Crippen LogP contribution in [0.1, 0.15) is 5.56 Å². The average Bonchev–Trinajstić information content (AvgIpc) is 3.38. The highest BCUT2D eigenvalue weighted by Gasteiger charge is 2.19. The van der Waals surface area contributed by atoms with Crippen LogP contribution < -0.4 is 20.9 Å². The minimum Gasteiger partial charge on any atom is -0.494 e. The van der Waals surface area contributed by atoms with Crippen LogP contribution in [0.5, 0.6) is 5.75 Å². The van der Waals surface area contributed by atoms with Crippen LogP contribution in [0.3, 0.4) is 0 Å². The van der Waals surface area contributed by atoms with Crippen molar-refractivity contribution in [2.75, 3.05) is 17.7 Å². The van der Waals surface area contributed by atoms with E-state index in [1.54, 1.807) is 39.2 Å². The van der Waals surface area contributed by atoms with E-state index in [0.29, 0.717) is 56.7 Å². The Morgan fingerprint density at radius 2 is 1.94 bits per heavy atom. The lowest BCUT2D eigenvalue weighted by Gasteiger charge is -2.15. The summed E-state index contributed by atoms with van der Waals surface area (Å²) in [5.41, 5.74) is 2.21. The van der Waals surface area contributed by atoms with E-state index < -0.39 is 5.82 Å². The summed E-state index contributed by atoms with van der Waals surface area (Å²) in [6.45, 7) is 1.64. The Hall–Kier alpha value is -4.81. The standard InChI is InChI=1S/C22H21FN10O2/c1-11-8-16(24-10-13(11)23)26-17-9-15(18-21(27-17)29-32(2)22(18)34)25-14-7-5-6-12(19(14)35-4)20-28-31-33(3)30-20/h5-10H,1-4H3,(H3,24,25,26,27,29). The molecule has 4 aromatic heterocycles. The van der Waals surface area contributed by atoms with Crippen molar-refractivity contribution < 1.29 is 9.13 Å². The number of anilines is 4. The van der Waals surface area contributed by atoms with Gasteiger partial charge in [0.15, 0.2) is 11.4 Å². The van der Waals surface area contributed by atoms with Crippen molar-refractivity contribution in [2.45, 2.75) is 6.92 Å². The van der Waals surface area contributed by atoms with E-state index in [1.807, 2.05) is 12.1 Å². The first-order valence-electron chi connectivity index (χ1n) is 10.5. The first-order chi connectivity index (χ1) is 16.8. The predicted octanol–water partition coefficient (Wildman–Crippen LogP) is 2.79. The highest BCUT2D eigenvalue weighted by atomic mass is 19.1. The number of H-pyrrole nitrogens is 1. The van der Waals surface area contributed by atoms with Gasteiger partial charge in [-0.05, 0) is 35.9 Å². The molecule has 178 valence electrons. The number of nitrogens with one attached hydrogen (secondary N) is 3. The number of halogens is 1. The van der Waals surface area contributed by atoms with Crippen molar-refractivity contribution in [3.8, 4) is 17.1 Å². The van der Waals surface area contributed by atoms with Crippen molar-refractivity contribution in [2.24, 2.45) is 14.1 Å². The van der Waals surface area contributed by atoms with Gasteiger partial charge in [-0.3, -0.25) is 14.6 Å². The average molecular weight is 476 g/mol. The molecule has 0 radical (unpaired) electrons. The number of para-hydroxylation sites is 1. The summed E-state index contributed by atoms with van der Waals surface area (Å²) in [6, 6.07) is 8.68. The van der Waals surface area contributed by atoms with Crippen LogP contribution in [-0.4, -0.2) is 47.1 Å². The Bertz CT molecular complexity index is 1620. The molecule has 5 aromatic rings. The molecule has 35 heavy (non-hydrogen) atoms. The van der Waals surface area contributed by atoms with Crippen molar-refractivity contribution >= 4 is 34.0 Å². The summed E-state index contributed by atoms with van der Waals surface area (Å²) < 4.78 is 20.6. The zero-order valence-corrected chi connectivity index (χ0v) is 19.3. The van der Waals surface area contributed by atoms with Crippen molar-refractivity contribution in [1.29, 1.82) is 0 Å². The number of pyridine rings is 2. The molecule has 12 nitrogen and oxygen atoms in total. The first kappa shape index (κ1) is 22.0. The molecule has 13 heteroatoms. The van der Waals surface area contributed by atoms with Gasteiger partial charge in [0.1, 0.15) is 22.8 Å². The van der Waals surface area contributed by atoms with E-state index >= 15 is 0 Å². The van der Waals surface area contributed by atoms with E-state index in [1.165, 1.54) is 16.6 Å². The molecule has 3 N–H and O–H groups in total. The monoisotopic (exact) mass is 476 g/mol. The maximum absolute atomic E-state index is 13.6. The molecule has 0 saturated carbocycles. The van der Waals surface area contributed by atoms with Crippen molar-refractivity contribution in [3.63, 3.8) is 0 Å². The van der Waals surface area contributed by atoms with E-state index in [0.717, 1.165) is 6.20 Å². The second kappa shape index (κ2) is 8.52. The molecular weight excluding hydrogens is 455 g/mol. The second-order valence-corrected chi connectivity index (χ2v) is 7.81. The van der Waals surface area contributed by atoms with Gasteiger partial charge in [0.25, 0.3) is 5.56 Å². The van der Waals surface area contributed by atoms with Crippen LogP contribution >= 0.6 is 0 Å². The van der Waals surface area contributed by atoms with Gasteiger partial charge >= 0.3 is 0 Å². The molecule has 0 aliphatic rings. The Morgan fingerprint density at radius 3 is 2.66 bits per heavy atom. The second-order valence-electron chi connectivity index (χ2n) is 7.81. The van der Waals surface area contributed by atoms with Crippen LogP contribution in [0.2, 0.25) is 0 Å². The van der Waals surface area contributed by atoms with Crippen molar-refractivity contribution in [1.82, 2.24) is 40.0 Å². The van der Waals surface area contributed by atoms with Crippen LogP contribution in [0.25, 0.3) is 22.4 Å². The predicted molar refractivity (Wildman–Crippen MR) is 128 cm³/mol. The van der Waals surface area contributed by atoms with Crippen molar-refractivity contribution in [3.05, 3.63) is 58.3 Å². The summed E-state index contributed by atoms with van der Waals surface area (Å²) in [5, 5.41) is 21.8. The number of hydrogen-bond donors (Lipinski definition) is 3. The molecule has 0 atom stereocenters. The van der Waals surface area contributed by atoms with E-state index in [4.69, 9.17) is 4.74 Å². The third-order valence-corrected chi connectivity index (χ3v) is 5.35. The van der Waals surface area contributed by atoms with E-state index in [9.17, 15) is 9.18 Å². The number of tetrazole rings is 1. The zero-order chi connectivity index (χ0) is 24.7.